The van der Waals surface area contributed by atoms with E-state index in [9.17, 15) is 9.59 Å². The lowest BCUT2D eigenvalue weighted by molar-refractivity contribution is -0.130. The van der Waals surface area contributed by atoms with E-state index in [0.29, 0.717) is 23.8 Å². The standard InChI is InChI=1S/C20H22ClN5O2/c1-20(2)17(27)26(18(22)25-20)12-14-5-3-13(4-6-14)11-23-19(28)24-16-9-7-15(21)8-10-16/h3-10H,11-12H2,1-2H3,(H2,22,25)(H2,23,24,28). The Kier molecular flexibility index (Phi) is 5.56. The number of hydrogen-bond acceptors (Lipinski definition) is 4. The Bertz CT molecular complexity index is 907. The van der Waals surface area contributed by atoms with E-state index in [1.54, 1.807) is 38.1 Å². The summed E-state index contributed by atoms with van der Waals surface area (Å²) in [5.74, 6) is 0.120. The number of nitrogens with zero attached hydrogens (tertiary/aromatic N) is 2. The summed E-state index contributed by atoms with van der Waals surface area (Å²) >= 11 is 5.82. The number of benzene rings is 2. The van der Waals surface area contributed by atoms with E-state index in [4.69, 9.17) is 17.3 Å². The van der Waals surface area contributed by atoms with Crippen molar-refractivity contribution >= 4 is 35.2 Å². The number of amides is 3. The average Bonchev–Trinajstić information content (AvgIpc) is 2.84. The van der Waals surface area contributed by atoms with Crippen LogP contribution in [0.2, 0.25) is 5.02 Å². The number of guanidine groups is 1. The number of carbonyl (C=O) groups is 2. The van der Waals surface area contributed by atoms with E-state index < -0.39 is 5.54 Å². The van der Waals surface area contributed by atoms with Crippen LogP contribution in [0.1, 0.15) is 25.0 Å². The minimum absolute atomic E-state index is 0.116. The first-order valence-corrected chi connectivity index (χ1v) is 9.18. The number of anilines is 1. The van der Waals surface area contributed by atoms with Gasteiger partial charge >= 0.3 is 6.03 Å². The minimum atomic E-state index is -0.814. The molecule has 0 spiro atoms. The van der Waals surface area contributed by atoms with Gasteiger partial charge in [-0.2, -0.15) is 0 Å². The second kappa shape index (κ2) is 7.90. The van der Waals surface area contributed by atoms with Gasteiger partial charge in [0.15, 0.2) is 5.96 Å². The Labute approximate surface area is 168 Å². The van der Waals surface area contributed by atoms with E-state index in [1.165, 1.54) is 4.90 Å². The third-order valence-electron chi connectivity index (χ3n) is 4.36. The quantitative estimate of drug-likeness (QED) is 0.720. The summed E-state index contributed by atoms with van der Waals surface area (Å²) in [6.07, 6.45) is 0. The highest BCUT2D eigenvalue weighted by Crippen LogP contribution is 2.22. The minimum Gasteiger partial charge on any atom is -0.369 e. The molecule has 2 aromatic rings. The van der Waals surface area contributed by atoms with Crippen LogP contribution in [-0.4, -0.2) is 28.3 Å². The normalized spacial score (nSPS) is 15.3. The van der Waals surface area contributed by atoms with Crippen LogP contribution in [0.3, 0.4) is 0 Å². The van der Waals surface area contributed by atoms with Crippen molar-refractivity contribution in [2.45, 2.75) is 32.5 Å². The van der Waals surface area contributed by atoms with Crippen LogP contribution in [0.5, 0.6) is 0 Å². The highest BCUT2D eigenvalue weighted by atomic mass is 35.5. The Hall–Kier alpha value is -3.06. The van der Waals surface area contributed by atoms with Gasteiger partial charge in [0, 0.05) is 17.3 Å². The number of carbonyl (C=O) groups excluding carboxylic acids is 2. The summed E-state index contributed by atoms with van der Waals surface area (Å²) in [4.78, 5) is 30.0. The predicted octanol–water partition coefficient (Wildman–Crippen LogP) is 3.10. The third kappa shape index (κ3) is 4.61. The second-order valence-corrected chi connectivity index (χ2v) is 7.49. The molecule has 0 unspecified atom stereocenters. The molecule has 2 aromatic carbocycles. The third-order valence-corrected chi connectivity index (χ3v) is 4.61. The molecule has 8 heteroatoms. The summed E-state index contributed by atoms with van der Waals surface area (Å²) in [6, 6.07) is 14.2. The van der Waals surface area contributed by atoms with Crippen LogP contribution in [0.15, 0.2) is 53.5 Å². The van der Waals surface area contributed by atoms with Gasteiger partial charge in [0.25, 0.3) is 5.91 Å². The highest BCUT2D eigenvalue weighted by molar-refractivity contribution is 6.30. The van der Waals surface area contributed by atoms with Crippen molar-refractivity contribution in [1.82, 2.24) is 10.2 Å². The predicted molar refractivity (Wildman–Crippen MR) is 110 cm³/mol. The topological polar surface area (TPSA) is 99.8 Å². The molecule has 0 bridgehead atoms. The smallest absolute Gasteiger partial charge is 0.319 e. The molecule has 146 valence electrons. The number of urea groups is 1. The Balaban J connectivity index is 1.52. The van der Waals surface area contributed by atoms with Crippen LogP contribution < -0.4 is 16.4 Å². The first-order chi connectivity index (χ1) is 13.2. The molecule has 0 fully saturated rings. The molecule has 1 aliphatic heterocycles. The molecule has 0 saturated heterocycles. The molecular weight excluding hydrogens is 378 g/mol. The average molecular weight is 400 g/mol. The van der Waals surface area contributed by atoms with Gasteiger partial charge in [-0.3, -0.25) is 9.69 Å². The van der Waals surface area contributed by atoms with Gasteiger partial charge in [0.1, 0.15) is 5.54 Å². The SMILES string of the molecule is CC1(C)N=C(N)N(Cc2ccc(CNC(=O)Nc3ccc(Cl)cc3)cc2)C1=O. The van der Waals surface area contributed by atoms with Crippen molar-refractivity contribution in [1.29, 1.82) is 0 Å². The molecule has 3 amide bonds. The highest BCUT2D eigenvalue weighted by Gasteiger charge is 2.39. The van der Waals surface area contributed by atoms with Crippen LogP contribution in [0.25, 0.3) is 0 Å². The van der Waals surface area contributed by atoms with Crippen molar-refractivity contribution in [3.05, 3.63) is 64.7 Å². The van der Waals surface area contributed by atoms with E-state index in [0.717, 1.165) is 11.1 Å². The van der Waals surface area contributed by atoms with Crippen molar-refractivity contribution in [2.24, 2.45) is 10.7 Å². The number of rotatable bonds is 5. The van der Waals surface area contributed by atoms with Gasteiger partial charge in [-0.05, 0) is 49.2 Å². The van der Waals surface area contributed by atoms with Crippen LogP contribution in [-0.2, 0) is 17.9 Å². The van der Waals surface area contributed by atoms with Crippen LogP contribution in [0, 0.1) is 0 Å². The van der Waals surface area contributed by atoms with Crippen LogP contribution in [0.4, 0.5) is 10.5 Å². The molecule has 0 aromatic heterocycles. The van der Waals surface area contributed by atoms with E-state index in [1.807, 2.05) is 24.3 Å². The van der Waals surface area contributed by atoms with Gasteiger partial charge in [-0.15, -0.1) is 0 Å². The van der Waals surface area contributed by atoms with Crippen molar-refractivity contribution in [3.63, 3.8) is 0 Å². The maximum absolute atomic E-state index is 12.3. The van der Waals surface area contributed by atoms with Crippen LogP contribution >= 0.6 is 11.6 Å². The number of aliphatic imine (C=N–C) groups is 1. The largest absolute Gasteiger partial charge is 0.369 e. The molecule has 0 aliphatic carbocycles. The molecule has 3 rings (SSSR count). The van der Waals surface area contributed by atoms with E-state index in [-0.39, 0.29) is 17.9 Å². The molecule has 1 heterocycles. The van der Waals surface area contributed by atoms with Crippen molar-refractivity contribution in [3.8, 4) is 0 Å². The molecule has 0 saturated carbocycles. The van der Waals surface area contributed by atoms with Gasteiger partial charge in [-0.25, -0.2) is 9.79 Å². The molecule has 1 aliphatic rings. The van der Waals surface area contributed by atoms with E-state index >= 15 is 0 Å². The maximum Gasteiger partial charge on any atom is 0.319 e. The fourth-order valence-electron chi connectivity index (χ4n) is 2.82. The fraction of sp³-hybridized carbons (Fsp3) is 0.250. The molecular formula is C20H22ClN5O2. The summed E-state index contributed by atoms with van der Waals surface area (Å²) in [6.45, 7) is 4.22. The summed E-state index contributed by atoms with van der Waals surface area (Å²) < 4.78 is 0. The van der Waals surface area contributed by atoms with Gasteiger partial charge in [0.2, 0.25) is 0 Å². The van der Waals surface area contributed by atoms with Crippen molar-refractivity contribution < 1.29 is 9.59 Å². The van der Waals surface area contributed by atoms with Crippen molar-refractivity contribution in [2.75, 3.05) is 5.32 Å². The lowest BCUT2D eigenvalue weighted by atomic mass is 10.1. The number of nitrogens with two attached hydrogens (primary N) is 1. The van der Waals surface area contributed by atoms with Gasteiger partial charge < -0.3 is 16.4 Å². The van der Waals surface area contributed by atoms with E-state index in [2.05, 4.69) is 15.6 Å². The Morgan fingerprint density at radius 2 is 1.71 bits per heavy atom. The summed E-state index contributed by atoms with van der Waals surface area (Å²) in [7, 11) is 0. The van der Waals surface area contributed by atoms with Gasteiger partial charge in [-0.1, -0.05) is 35.9 Å². The zero-order chi connectivity index (χ0) is 20.3. The lowest BCUT2D eigenvalue weighted by Gasteiger charge is -2.19. The maximum atomic E-state index is 12.3. The number of hydrogen-bond donors (Lipinski definition) is 3. The number of nitrogens with one attached hydrogen (secondary N) is 2. The summed E-state index contributed by atoms with van der Waals surface area (Å²) in [5, 5.41) is 6.14. The first-order valence-electron chi connectivity index (χ1n) is 8.80. The molecule has 7 nitrogen and oxygen atoms in total. The second-order valence-electron chi connectivity index (χ2n) is 7.05. The van der Waals surface area contributed by atoms with Gasteiger partial charge in [0.05, 0.1) is 6.54 Å². The Morgan fingerprint density at radius 3 is 2.29 bits per heavy atom. The monoisotopic (exact) mass is 399 g/mol. The molecule has 28 heavy (non-hydrogen) atoms. The molecule has 0 atom stereocenters. The zero-order valence-electron chi connectivity index (χ0n) is 15.7. The Morgan fingerprint density at radius 1 is 1.11 bits per heavy atom. The molecule has 0 radical (unpaired) electrons. The lowest BCUT2D eigenvalue weighted by Crippen LogP contribution is -2.41. The number of halogens is 1. The zero-order valence-corrected chi connectivity index (χ0v) is 16.5. The molecule has 4 N–H and O–H groups in total. The summed E-state index contributed by atoms with van der Waals surface area (Å²) in [5.41, 5.74) is 7.58. The first kappa shape index (κ1) is 19.7. The fourth-order valence-corrected chi connectivity index (χ4v) is 2.94.